The number of rotatable bonds is 8. The lowest BCUT2D eigenvalue weighted by Crippen LogP contribution is -2.45. The second-order valence-electron chi connectivity index (χ2n) is 10.9. The van der Waals surface area contributed by atoms with Crippen molar-refractivity contribution in [2.75, 3.05) is 20.2 Å². The fraction of sp³-hybridized carbons (Fsp3) is 0.464. The van der Waals surface area contributed by atoms with Gasteiger partial charge in [0, 0.05) is 25.4 Å². The molecule has 186 valence electrons. The average Bonchev–Trinajstić information content (AvgIpc) is 3.53. The zero-order valence-electron chi connectivity index (χ0n) is 20.8. The minimum atomic E-state index is -0.996. The number of ether oxygens (including phenoxy) is 1. The summed E-state index contributed by atoms with van der Waals surface area (Å²) in [5, 5.41) is 12.4. The highest BCUT2D eigenvalue weighted by Crippen LogP contribution is 2.44. The van der Waals surface area contributed by atoms with Gasteiger partial charge in [0.15, 0.2) is 0 Å². The van der Waals surface area contributed by atoms with Crippen LogP contribution in [0.3, 0.4) is 0 Å². The molecule has 2 amide bonds. The third kappa shape index (κ3) is 5.50. The number of carbonyl (C=O) groups is 3. The smallest absolute Gasteiger partial charge is 0.407 e. The fourth-order valence-corrected chi connectivity index (χ4v) is 5.02. The number of hydrogen-bond donors (Lipinski definition) is 2. The monoisotopic (exact) mass is 478 g/mol. The molecule has 2 aliphatic carbocycles. The van der Waals surface area contributed by atoms with Gasteiger partial charge in [-0.2, -0.15) is 0 Å². The van der Waals surface area contributed by atoms with Crippen molar-refractivity contribution in [3.8, 4) is 11.1 Å². The molecule has 2 aromatic carbocycles. The van der Waals surface area contributed by atoms with Gasteiger partial charge in [0.1, 0.15) is 12.6 Å². The number of carbonyl (C=O) groups excluding carboxylic acids is 2. The molecule has 0 bridgehead atoms. The van der Waals surface area contributed by atoms with Crippen molar-refractivity contribution in [3.05, 3.63) is 59.7 Å². The summed E-state index contributed by atoms with van der Waals surface area (Å²) in [5.74, 6) is -1.45. The van der Waals surface area contributed by atoms with Crippen molar-refractivity contribution >= 4 is 18.0 Å². The quantitative estimate of drug-likeness (QED) is 0.582. The summed E-state index contributed by atoms with van der Waals surface area (Å²) >= 11 is 0. The Balaban J connectivity index is 1.27. The number of carboxylic acid groups (broad SMARTS) is 1. The van der Waals surface area contributed by atoms with Crippen molar-refractivity contribution in [1.29, 1.82) is 0 Å². The van der Waals surface area contributed by atoms with E-state index in [1.54, 1.807) is 7.05 Å². The Labute approximate surface area is 206 Å². The maximum absolute atomic E-state index is 12.8. The van der Waals surface area contributed by atoms with Crippen molar-refractivity contribution in [3.63, 3.8) is 0 Å². The van der Waals surface area contributed by atoms with Crippen LogP contribution >= 0.6 is 0 Å². The number of alkyl carbamates (subject to hydrolysis) is 1. The van der Waals surface area contributed by atoms with Gasteiger partial charge in [-0.3, -0.25) is 4.79 Å². The highest BCUT2D eigenvalue weighted by atomic mass is 16.5. The zero-order chi connectivity index (χ0) is 25.3. The Kier molecular flexibility index (Phi) is 6.88. The Bertz CT molecular complexity index is 1080. The van der Waals surface area contributed by atoms with Gasteiger partial charge in [0.2, 0.25) is 5.91 Å². The van der Waals surface area contributed by atoms with E-state index in [9.17, 15) is 19.5 Å². The Hall–Kier alpha value is -3.35. The van der Waals surface area contributed by atoms with E-state index in [-0.39, 0.29) is 35.7 Å². The van der Waals surface area contributed by atoms with E-state index >= 15 is 0 Å². The third-order valence-corrected chi connectivity index (χ3v) is 7.00. The van der Waals surface area contributed by atoms with Crippen molar-refractivity contribution in [2.24, 2.45) is 17.3 Å². The molecule has 1 unspecified atom stereocenters. The average molecular weight is 479 g/mol. The number of amides is 2. The number of carboxylic acids is 1. The van der Waals surface area contributed by atoms with Crippen LogP contribution in [0.4, 0.5) is 4.79 Å². The second kappa shape index (κ2) is 9.72. The summed E-state index contributed by atoms with van der Waals surface area (Å²) < 4.78 is 5.56. The topological polar surface area (TPSA) is 95.9 Å². The van der Waals surface area contributed by atoms with Crippen LogP contribution in [-0.4, -0.2) is 54.2 Å². The first-order valence-corrected chi connectivity index (χ1v) is 12.1. The van der Waals surface area contributed by atoms with E-state index in [0.29, 0.717) is 19.4 Å². The summed E-state index contributed by atoms with van der Waals surface area (Å²) in [6.07, 6.45) is 0.503. The van der Waals surface area contributed by atoms with Crippen molar-refractivity contribution in [2.45, 2.75) is 45.6 Å². The summed E-state index contributed by atoms with van der Waals surface area (Å²) in [7, 11) is 1.56. The molecule has 2 N–H and O–H groups in total. The van der Waals surface area contributed by atoms with Crippen LogP contribution < -0.4 is 5.32 Å². The summed E-state index contributed by atoms with van der Waals surface area (Å²) in [4.78, 5) is 38.3. The predicted octanol–water partition coefficient (Wildman–Crippen LogP) is 4.51. The molecular formula is C28H34N2O5. The van der Waals surface area contributed by atoms with E-state index in [0.717, 1.165) is 11.1 Å². The van der Waals surface area contributed by atoms with Gasteiger partial charge in [0.25, 0.3) is 0 Å². The van der Waals surface area contributed by atoms with Crippen LogP contribution in [0, 0.1) is 17.3 Å². The fourth-order valence-electron chi connectivity index (χ4n) is 5.02. The van der Waals surface area contributed by atoms with Gasteiger partial charge in [-0.15, -0.1) is 0 Å². The second-order valence-corrected chi connectivity index (χ2v) is 10.9. The van der Waals surface area contributed by atoms with Crippen LogP contribution in [-0.2, 0) is 14.3 Å². The molecule has 0 saturated heterocycles. The number of benzene rings is 2. The lowest BCUT2D eigenvalue weighted by Gasteiger charge is -2.30. The number of hydrogen-bond acceptors (Lipinski definition) is 4. The van der Waals surface area contributed by atoms with Crippen LogP contribution in [0.5, 0.6) is 0 Å². The van der Waals surface area contributed by atoms with Gasteiger partial charge in [-0.1, -0.05) is 69.3 Å². The molecule has 7 heteroatoms. The lowest BCUT2D eigenvalue weighted by atomic mass is 9.87. The SMILES string of the molecule is CN(C(=O)[C@@H]1C[C@@H]1CNC(=O)OCC1c2ccccc2-c2ccccc21)C(CC(C)(C)C)C(=O)O. The van der Waals surface area contributed by atoms with Gasteiger partial charge in [-0.05, 0) is 46.4 Å². The first kappa shape index (κ1) is 24.8. The van der Waals surface area contributed by atoms with E-state index in [4.69, 9.17) is 4.74 Å². The molecule has 0 aromatic heterocycles. The number of nitrogens with zero attached hydrogens (tertiary/aromatic N) is 1. The summed E-state index contributed by atoms with van der Waals surface area (Å²) in [6.45, 7) is 6.44. The Morgan fingerprint density at radius 3 is 2.17 bits per heavy atom. The molecule has 0 radical (unpaired) electrons. The number of likely N-dealkylation sites (N-methyl/N-ethyl adjacent to an activating group) is 1. The van der Waals surface area contributed by atoms with Gasteiger partial charge >= 0.3 is 12.1 Å². The standard InChI is InChI=1S/C28H34N2O5/c1-28(2,3)14-24(26(32)33)30(4)25(31)22-13-17(22)15-29-27(34)35-16-23-20-11-7-5-9-18(20)19-10-6-8-12-21(19)23/h5-12,17,22-24H,13-16H2,1-4H3,(H,29,34)(H,32,33)/t17-,22-,24?/m1/s1. The summed E-state index contributed by atoms with van der Waals surface area (Å²) in [6, 6.07) is 15.5. The molecule has 0 spiro atoms. The van der Waals surface area contributed by atoms with Crippen LogP contribution in [0.15, 0.2) is 48.5 Å². The molecule has 2 aromatic rings. The molecule has 0 aliphatic heterocycles. The van der Waals surface area contributed by atoms with Gasteiger partial charge in [-0.25, -0.2) is 9.59 Å². The van der Waals surface area contributed by atoms with E-state index in [1.807, 2.05) is 45.0 Å². The van der Waals surface area contributed by atoms with Crippen LogP contribution in [0.1, 0.15) is 50.7 Å². The first-order valence-electron chi connectivity index (χ1n) is 12.1. The normalized spacial score (nSPS) is 19.3. The van der Waals surface area contributed by atoms with Crippen LogP contribution in [0.2, 0.25) is 0 Å². The van der Waals surface area contributed by atoms with Gasteiger partial charge in [0.05, 0.1) is 0 Å². The molecular weight excluding hydrogens is 444 g/mol. The molecule has 4 rings (SSSR count). The molecule has 1 saturated carbocycles. The first-order chi connectivity index (χ1) is 16.6. The maximum Gasteiger partial charge on any atom is 0.407 e. The maximum atomic E-state index is 12.8. The minimum absolute atomic E-state index is 0.00508. The molecule has 1 fully saturated rings. The molecule has 35 heavy (non-hydrogen) atoms. The number of nitrogens with one attached hydrogen (secondary N) is 1. The highest BCUT2D eigenvalue weighted by Gasteiger charge is 2.46. The third-order valence-electron chi connectivity index (χ3n) is 7.00. The molecule has 7 nitrogen and oxygen atoms in total. The minimum Gasteiger partial charge on any atom is -0.480 e. The predicted molar refractivity (Wildman–Crippen MR) is 133 cm³/mol. The molecule has 2 aliphatic rings. The largest absolute Gasteiger partial charge is 0.480 e. The Morgan fingerprint density at radius 2 is 1.63 bits per heavy atom. The number of fused-ring (bicyclic) bond motifs is 3. The van der Waals surface area contributed by atoms with E-state index in [1.165, 1.54) is 16.0 Å². The van der Waals surface area contributed by atoms with Crippen molar-refractivity contribution < 1.29 is 24.2 Å². The lowest BCUT2D eigenvalue weighted by molar-refractivity contribution is -0.150. The van der Waals surface area contributed by atoms with Crippen LogP contribution in [0.25, 0.3) is 11.1 Å². The van der Waals surface area contributed by atoms with E-state index < -0.39 is 18.1 Å². The van der Waals surface area contributed by atoms with Crippen molar-refractivity contribution in [1.82, 2.24) is 10.2 Å². The van der Waals surface area contributed by atoms with E-state index in [2.05, 4.69) is 29.6 Å². The zero-order valence-corrected chi connectivity index (χ0v) is 20.8. The van der Waals surface area contributed by atoms with Gasteiger partial charge < -0.3 is 20.1 Å². The highest BCUT2D eigenvalue weighted by molar-refractivity contribution is 5.86. The number of aliphatic carboxylic acids is 1. The molecule has 0 heterocycles. The Morgan fingerprint density at radius 1 is 1.06 bits per heavy atom. The molecule has 3 atom stereocenters. The summed E-state index contributed by atoms with van der Waals surface area (Å²) in [5.41, 5.74) is 4.44.